The molecule has 172 valence electrons. The number of thioether (sulfide) groups is 1. The van der Waals surface area contributed by atoms with Crippen LogP contribution in [0, 0.1) is 0 Å². The van der Waals surface area contributed by atoms with Gasteiger partial charge in [-0.15, -0.1) is 11.8 Å². The lowest BCUT2D eigenvalue weighted by Crippen LogP contribution is -2.50. The average Bonchev–Trinajstić information content (AvgIpc) is 2.82. The molecule has 4 nitrogen and oxygen atoms in total. The van der Waals surface area contributed by atoms with Crippen molar-refractivity contribution in [2.45, 2.75) is 24.8 Å². The Morgan fingerprint density at radius 2 is 1.67 bits per heavy atom. The van der Waals surface area contributed by atoms with Gasteiger partial charge in [-0.3, -0.25) is 9.59 Å². The summed E-state index contributed by atoms with van der Waals surface area (Å²) in [5.41, 5.74) is 3.03. The molecule has 0 aliphatic heterocycles. The van der Waals surface area contributed by atoms with Crippen molar-refractivity contribution in [2.24, 2.45) is 0 Å². The molecule has 0 spiro atoms. The summed E-state index contributed by atoms with van der Waals surface area (Å²) in [5, 5.41) is 3.34. The Hall–Kier alpha value is -2.28. The second kappa shape index (κ2) is 12.8. The molecule has 7 heteroatoms. The highest BCUT2D eigenvalue weighted by molar-refractivity contribution is 9.10. The average molecular weight is 546 g/mol. The molecular formula is C26H26BrClN2O2S. The zero-order valence-corrected chi connectivity index (χ0v) is 21.5. The minimum atomic E-state index is -0.628. The molecule has 0 saturated carbocycles. The first-order valence-electron chi connectivity index (χ1n) is 10.6. The molecule has 1 N–H and O–H groups in total. The number of benzene rings is 3. The molecule has 33 heavy (non-hydrogen) atoms. The third kappa shape index (κ3) is 7.91. The van der Waals surface area contributed by atoms with E-state index in [1.165, 1.54) is 0 Å². The SMILES string of the molecule is CNC(=O)C(Cc1ccccc1)N(Cc1cccc(Cl)c1)C(=O)CSCc1ccc(Br)cc1. The molecule has 0 aliphatic carbocycles. The standard InChI is InChI=1S/C26H26BrClN2O2S/c1-29-26(32)24(15-19-6-3-2-4-7-19)30(16-21-8-5-9-23(28)14-21)25(31)18-33-17-20-10-12-22(27)13-11-20/h2-14,24H,15-18H2,1H3,(H,29,32). The zero-order valence-electron chi connectivity index (χ0n) is 18.3. The minimum Gasteiger partial charge on any atom is -0.357 e. The van der Waals surface area contributed by atoms with Crippen LogP contribution in [-0.2, 0) is 28.3 Å². The summed E-state index contributed by atoms with van der Waals surface area (Å²) in [4.78, 5) is 28.0. The van der Waals surface area contributed by atoms with Gasteiger partial charge in [0.2, 0.25) is 11.8 Å². The third-order valence-electron chi connectivity index (χ3n) is 5.17. The van der Waals surface area contributed by atoms with Gasteiger partial charge >= 0.3 is 0 Å². The minimum absolute atomic E-state index is 0.0818. The molecule has 0 fully saturated rings. The number of halogens is 2. The Morgan fingerprint density at radius 3 is 2.33 bits per heavy atom. The van der Waals surface area contributed by atoms with E-state index in [1.54, 1.807) is 29.8 Å². The molecule has 2 amide bonds. The molecule has 0 heterocycles. The van der Waals surface area contributed by atoms with Crippen molar-refractivity contribution in [1.82, 2.24) is 10.2 Å². The Labute approximate surface area is 212 Å². The molecule has 0 saturated heterocycles. The van der Waals surface area contributed by atoms with E-state index in [4.69, 9.17) is 11.6 Å². The van der Waals surface area contributed by atoms with Gasteiger partial charge in [0.05, 0.1) is 5.75 Å². The molecule has 0 aliphatic rings. The number of hydrogen-bond acceptors (Lipinski definition) is 3. The van der Waals surface area contributed by atoms with Gasteiger partial charge in [-0.05, 0) is 41.0 Å². The summed E-state index contributed by atoms with van der Waals surface area (Å²) in [6, 6.07) is 24.6. The first-order chi connectivity index (χ1) is 16.0. The Balaban J connectivity index is 1.80. The number of carbonyl (C=O) groups excluding carboxylic acids is 2. The van der Waals surface area contributed by atoms with Crippen molar-refractivity contribution in [2.75, 3.05) is 12.8 Å². The highest BCUT2D eigenvalue weighted by Gasteiger charge is 2.29. The molecule has 0 aromatic heterocycles. The van der Waals surface area contributed by atoms with E-state index in [0.29, 0.717) is 23.7 Å². The molecule has 3 aromatic rings. The van der Waals surface area contributed by atoms with Gasteiger partial charge in [-0.25, -0.2) is 0 Å². The second-order valence-corrected chi connectivity index (χ2v) is 9.93. The summed E-state index contributed by atoms with van der Waals surface area (Å²) in [6.07, 6.45) is 0.435. The van der Waals surface area contributed by atoms with Gasteiger partial charge in [0, 0.05) is 35.3 Å². The maximum Gasteiger partial charge on any atom is 0.242 e. The maximum atomic E-state index is 13.4. The van der Waals surface area contributed by atoms with Gasteiger partial charge in [0.15, 0.2) is 0 Å². The van der Waals surface area contributed by atoms with Crippen LogP contribution in [0.1, 0.15) is 16.7 Å². The van der Waals surface area contributed by atoms with Crippen molar-refractivity contribution in [1.29, 1.82) is 0 Å². The lowest BCUT2D eigenvalue weighted by Gasteiger charge is -2.31. The summed E-state index contributed by atoms with van der Waals surface area (Å²) >= 11 is 11.2. The predicted molar refractivity (Wildman–Crippen MR) is 140 cm³/mol. The Kier molecular flexibility index (Phi) is 9.85. The quantitative estimate of drug-likeness (QED) is 0.354. The number of nitrogens with zero attached hydrogens (tertiary/aromatic N) is 1. The fourth-order valence-electron chi connectivity index (χ4n) is 3.47. The van der Waals surface area contributed by atoms with Crippen molar-refractivity contribution in [3.63, 3.8) is 0 Å². The largest absolute Gasteiger partial charge is 0.357 e. The summed E-state index contributed by atoms with van der Waals surface area (Å²) in [6.45, 7) is 0.309. The summed E-state index contributed by atoms with van der Waals surface area (Å²) < 4.78 is 1.02. The first-order valence-corrected chi connectivity index (χ1v) is 12.9. The topological polar surface area (TPSA) is 49.4 Å². The first kappa shape index (κ1) is 25.3. The van der Waals surface area contributed by atoms with E-state index in [0.717, 1.165) is 21.2 Å². The van der Waals surface area contributed by atoms with Gasteiger partial charge < -0.3 is 10.2 Å². The molecular weight excluding hydrogens is 520 g/mol. The van der Waals surface area contributed by atoms with Crippen molar-refractivity contribution >= 4 is 51.1 Å². The second-order valence-electron chi connectivity index (χ2n) is 7.59. The van der Waals surface area contributed by atoms with Gasteiger partial charge in [0.25, 0.3) is 0 Å². The van der Waals surface area contributed by atoms with Gasteiger partial charge in [0.1, 0.15) is 6.04 Å². The van der Waals surface area contributed by atoms with E-state index < -0.39 is 6.04 Å². The number of hydrogen-bond donors (Lipinski definition) is 1. The third-order valence-corrected chi connectivity index (χ3v) is 6.92. The summed E-state index contributed by atoms with van der Waals surface area (Å²) in [7, 11) is 1.60. The van der Waals surface area contributed by atoms with Crippen molar-refractivity contribution in [3.8, 4) is 0 Å². The van der Waals surface area contributed by atoms with E-state index in [1.807, 2.05) is 72.8 Å². The van der Waals surface area contributed by atoms with Crippen LogP contribution in [0.15, 0.2) is 83.3 Å². The van der Waals surface area contributed by atoms with Crippen LogP contribution in [0.3, 0.4) is 0 Å². The van der Waals surface area contributed by atoms with Crippen LogP contribution >= 0.6 is 39.3 Å². The van der Waals surface area contributed by atoms with Crippen LogP contribution in [0.2, 0.25) is 5.02 Å². The van der Waals surface area contributed by atoms with E-state index >= 15 is 0 Å². The fourth-order valence-corrected chi connectivity index (χ4v) is 4.82. The zero-order chi connectivity index (χ0) is 23.6. The molecule has 1 unspecified atom stereocenters. The molecule has 1 atom stereocenters. The van der Waals surface area contributed by atoms with Crippen LogP contribution < -0.4 is 5.32 Å². The lowest BCUT2D eigenvalue weighted by atomic mass is 10.0. The van der Waals surface area contributed by atoms with Crippen LogP contribution in [-0.4, -0.2) is 35.6 Å². The maximum absolute atomic E-state index is 13.4. The molecule has 3 aromatic carbocycles. The van der Waals surface area contributed by atoms with Crippen LogP contribution in [0.4, 0.5) is 0 Å². The molecule has 0 radical (unpaired) electrons. The number of amides is 2. The smallest absolute Gasteiger partial charge is 0.242 e. The number of rotatable bonds is 10. The number of carbonyl (C=O) groups is 2. The number of likely N-dealkylation sites (N-methyl/N-ethyl adjacent to an activating group) is 1. The van der Waals surface area contributed by atoms with Gasteiger partial charge in [-0.2, -0.15) is 0 Å². The number of nitrogens with one attached hydrogen (secondary N) is 1. The van der Waals surface area contributed by atoms with E-state index in [9.17, 15) is 9.59 Å². The van der Waals surface area contributed by atoms with Crippen molar-refractivity contribution in [3.05, 3.63) is 105 Å². The van der Waals surface area contributed by atoms with E-state index in [2.05, 4.69) is 21.2 Å². The lowest BCUT2D eigenvalue weighted by molar-refractivity contribution is -0.139. The van der Waals surface area contributed by atoms with Gasteiger partial charge in [-0.1, -0.05) is 82.1 Å². The van der Waals surface area contributed by atoms with Crippen molar-refractivity contribution < 1.29 is 9.59 Å². The Bertz CT molecular complexity index is 1060. The normalized spacial score (nSPS) is 11.6. The van der Waals surface area contributed by atoms with Crippen LogP contribution in [0.25, 0.3) is 0 Å². The fraction of sp³-hybridized carbons (Fsp3) is 0.231. The van der Waals surface area contributed by atoms with E-state index in [-0.39, 0.29) is 17.6 Å². The monoisotopic (exact) mass is 544 g/mol. The summed E-state index contributed by atoms with van der Waals surface area (Å²) in [5.74, 6) is 0.723. The highest BCUT2D eigenvalue weighted by Crippen LogP contribution is 2.20. The Morgan fingerprint density at radius 1 is 0.970 bits per heavy atom. The molecule has 0 bridgehead atoms. The molecule has 3 rings (SSSR count). The van der Waals surface area contributed by atoms with Crippen LogP contribution in [0.5, 0.6) is 0 Å². The predicted octanol–water partition coefficient (Wildman–Crippen LogP) is 5.72. The highest BCUT2D eigenvalue weighted by atomic mass is 79.9.